The minimum atomic E-state index is -0.325. The van der Waals surface area contributed by atoms with Crippen molar-refractivity contribution in [3.8, 4) is 5.75 Å². The number of amides is 1. The molecule has 0 heterocycles. The lowest BCUT2D eigenvalue weighted by atomic mass is 10.1. The quantitative estimate of drug-likeness (QED) is 0.614. The zero-order chi connectivity index (χ0) is 20.5. The van der Waals surface area contributed by atoms with Crippen molar-refractivity contribution < 1.29 is 19.1 Å². The number of esters is 1. The molecule has 1 amide bonds. The van der Waals surface area contributed by atoms with Gasteiger partial charge in [-0.3, -0.25) is 9.59 Å². The van der Waals surface area contributed by atoms with Crippen molar-refractivity contribution in [3.63, 3.8) is 0 Å². The highest BCUT2D eigenvalue weighted by Gasteiger charge is 2.17. The first-order valence-electron chi connectivity index (χ1n) is 9.50. The Morgan fingerprint density at radius 1 is 0.929 bits per heavy atom. The van der Waals surface area contributed by atoms with E-state index in [1.807, 2.05) is 55.1 Å². The molecule has 0 saturated carbocycles. The Bertz CT molecular complexity index is 785. The van der Waals surface area contributed by atoms with E-state index >= 15 is 0 Å². The summed E-state index contributed by atoms with van der Waals surface area (Å²) in [6.45, 7) is 7.40. The van der Waals surface area contributed by atoms with Crippen LogP contribution in [0.3, 0.4) is 0 Å². The van der Waals surface area contributed by atoms with Gasteiger partial charge >= 0.3 is 5.97 Å². The maximum atomic E-state index is 12.5. The first-order valence-corrected chi connectivity index (χ1v) is 9.50. The van der Waals surface area contributed by atoms with Gasteiger partial charge in [0.05, 0.1) is 13.7 Å². The van der Waals surface area contributed by atoms with Crippen LogP contribution in [-0.2, 0) is 9.53 Å². The zero-order valence-corrected chi connectivity index (χ0v) is 17.0. The average Bonchev–Trinajstić information content (AvgIpc) is 2.73. The summed E-state index contributed by atoms with van der Waals surface area (Å²) in [6.07, 6.45) is 0. The van der Waals surface area contributed by atoms with Gasteiger partial charge in [-0.1, -0.05) is 6.07 Å². The largest absolute Gasteiger partial charge is 0.497 e. The van der Waals surface area contributed by atoms with E-state index in [0.29, 0.717) is 31.0 Å². The molecule has 0 saturated heterocycles. The summed E-state index contributed by atoms with van der Waals surface area (Å²) in [6, 6.07) is 14.7. The standard InChI is InChI=1S/C22H28N2O4/c1-5-23(6-2)22(26)17-11-13-18(14-12-17)24(16-21(25)28-7-3)19-9-8-10-20(15-19)27-4/h8-15H,5-7,16H2,1-4H3. The Morgan fingerprint density at radius 3 is 2.18 bits per heavy atom. The highest BCUT2D eigenvalue weighted by Crippen LogP contribution is 2.28. The molecule has 0 N–H and O–H groups in total. The zero-order valence-electron chi connectivity index (χ0n) is 17.0. The SMILES string of the molecule is CCOC(=O)CN(c1ccc(C(=O)N(CC)CC)cc1)c1cccc(OC)c1. The number of anilines is 2. The van der Waals surface area contributed by atoms with E-state index in [9.17, 15) is 9.59 Å². The molecule has 2 rings (SSSR count). The summed E-state index contributed by atoms with van der Waals surface area (Å²) < 4.78 is 10.4. The minimum absolute atomic E-state index is 0.00475. The Morgan fingerprint density at radius 2 is 1.61 bits per heavy atom. The first kappa shape index (κ1) is 21.3. The summed E-state index contributed by atoms with van der Waals surface area (Å²) in [5.74, 6) is 0.364. The average molecular weight is 384 g/mol. The molecular weight excluding hydrogens is 356 g/mol. The van der Waals surface area contributed by atoms with E-state index in [-0.39, 0.29) is 18.4 Å². The van der Waals surface area contributed by atoms with Crippen molar-refractivity contribution in [3.05, 3.63) is 54.1 Å². The number of ether oxygens (including phenoxy) is 2. The van der Waals surface area contributed by atoms with E-state index < -0.39 is 0 Å². The lowest BCUT2D eigenvalue weighted by Crippen LogP contribution is -2.30. The third-order valence-electron chi connectivity index (χ3n) is 4.43. The van der Waals surface area contributed by atoms with E-state index in [1.54, 1.807) is 31.1 Å². The van der Waals surface area contributed by atoms with Crippen LogP contribution >= 0.6 is 0 Å². The number of nitrogens with zero attached hydrogens (tertiary/aromatic N) is 2. The van der Waals surface area contributed by atoms with Gasteiger partial charge in [0.15, 0.2) is 0 Å². The maximum absolute atomic E-state index is 12.5. The van der Waals surface area contributed by atoms with Crippen LogP contribution in [0.1, 0.15) is 31.1 Å². The lowest BCUT2D eigenvalue weighted by molar-refractivity contribution is -0.141. The van der Waals surface area contributed by atoms with Crippen LogP contribution in [0.25, 0.3) is 0 Å². The summed E-state index contributed by atoms with van der Waals surface area (Å²) in [7, 11) is 1.60. The fourth-order valence-electron chi connectivity index (χ4n) is 2.92. The predicted octanol–water partition coefficient (Wildman–Crippen LogP) is 3.88. The molecule has 150 valence electrons. The van der Waals surface area contributed by atoms with Gasteiger partial charge in [0.25, 0.3) is 5.91 Å². The summed E-state index contributed by atoms with van der Waals surface area (Å²) in [4.78, 5) is 28.3. The fourth-order valence-corrected chi connectivity index (χ4v) is 2.92. The Labute approximate surface area is 166 Å². The summed E-state index contributed by atoms with van der Waals surface area (Å²) >= 11 is 0. The van der Waals surface area contributed by atoms with Crippen molar-refractivity contribution in [2.75, 3.05) is 38.3 Å². The number of benzene rings is 2. The van der Waals surface area contributed by atoms with Crippen LogP contribution in [0.2, 0.25) is 0 Å². The van der Waals surface area contributed by atoms with E-state index in [0.717, 1.165) is 11.4 Å². The predicted molar refractivity (Wildman–Crippen MR) is 110 cm³/mol. The van der Waals surface area contributed by atoms with Gasteiger partial charge in [0.2, 0.25) is 0 Å². The molecule has 28 heavy (non-hydrogen) atoms. The molecule has 0 atom stereocenters. The van der Waals surface area contributed by atoms with Crippen molar-refractivity contribution in [1.82, 2.24) is 4.90 Å². The second-order valence-electron chi connectivity index (χ2n) is 6.12. The van der Waals surface area contributed by atoms with Crippen LogP contribution in [-0.4, -0.2) is 50.1 Å². The molecule has 0 aromatic heterocycles. The van der Waals surface area contributed by atoms with Gasteiger partial charge in [-0.05, 0) is 57.2 Å². The molecule has 0 radical (unpaired) electrons. The van der Waals surface area contributed by atoms with Gasteiger partial charge < -0.3 is 19.3 Å². The number of hydrogen-bond acceptors (Lipinski definition) is 5. The number of carbonyl (C=O) groups excluding carboxylic acids is 2. The smallest absolute Gasteiger partial charge is 0.325 e. The van der Waals surface area contributed by atoms with Crippen molar-refractivity contribution in [2.45, 2.75) is 20.8 Å². The normalized spacial score (nSPS) is 10.3. The summed E-state index contributed by atoms with van der Waals surface area (Å²) in [5.41, 5.74) is 2.21. The number of methoxy groups -OCH3 is 1. The molecule has 0 aliphatic carbocycles. The molecule has 6 heteroatoms. The Balaban J connectivity index is 2.34. The third kappa shape index (κ3) is 5.25. The summed E-state index contributed by atoms with van der Waals surface area (Å²) in [5, 5.41) is 0. The number of carbonyl (C=O) groups is 2. The van der Waals surface area contributed by atoms with Gasteiger partial charge in [0.1, 0.15) is 12.3 Å². The first-order chi connectivity index (χ1) is 13.5. The van der Waals surface area contributed by atoms with Gasteiger partial charge in [-0.2, -0.15) is 0 Å². The number of hydrogen-bond donors (Lipinski definition) is 0. The van der Waals surface area contributed by atoms with Crippen LogP contribution in [0.15, 0.2) is 48.5 Å². The third-order valence-corrected chi connectivity index (χ3v) is 4.43. The van der Waals surface area contributed by atoms with E-state index in [1.165, 1.54) is 0 Å². The Hall–Kier alpha value is -3.02. The van der Waals surface area contributed by atoms with Crippen LogP contribution in [0.5, 0.6) is 5.75 Å². The molecular formula is C22H28N2O4. The van der Waals surface area contributed by atoms with Crippen LogP contribution in [0, 0.1) is 0 Å². The number of rotatable bonds is 9. The molecule has 0 fully saturated rings. The molecule has 6 nitrogen and oxygen atoms in total. The van der Waals surface area contributed by atoms with Crippen LogP contribution < -0.4 is 9.64 Å². The van der Waals surface area contributed by atoms with Gasteiger partial charge in [0, 0.05) is 36.1 Å². The van der Waals surface area contributed by atoms with E-state index in [2.05, 4.69) is 0 Å². The van der Waals surface area contributed by atoms with Gasteiger partial charge in [-0.25, -0.2) is 0 Å². The highest BCUT2D eigenvalue weighted by atomic mass is 16.5. The molecule has 0 unspecified atom stereocenters. The van der Waals surface area contributed by atoms with Crippen molar-refractivity contribution in [1.29, 1.82) is 0 Å². The van der Waals surface area contributed by atoms with Crippen molar-refractivity contribution in [2.24, 2.45) is 0 Å². The lowest BCUT2D eigenvalue weighted by Gasteiger charge is -2.25. The topological polar surface area (TPSA) is 59.1 Å². The highest BCUT2D eigenvalue weighted by molar-refractivity contribution is 5.94. The van der Waals surface area contributed by atoms with Gasteiger partial charge in [-0.15, -0.1) is 0 Å². The molecule has 0 spiro atoms. The molecule has 0 aliphatic rings. The van der Waals surface area contributed by atoms with E-state index in [4.69, 9.17) is 9.47 Å². The van der Waals surface area contributed by atoms with Crippen molar-refractivity contribution >= 4 is 23.3 Å². The molecule has 0 aliphatic heterocycles. The second kappa shape index (κ2) is 10.3. The molecule has 0 bridgehead atoms. The minimum Gasteiger partial charge on any atom is -0.497 e. The molecule has 2 aromatic carbocycles. The fraction of sp³-hybridized carbons (Fsp3) is 0.364. The second-order valence-corrected chi connectivity index (χ2v) is 6.12. The monoisotopic (exact) mass is 384 g/mol. The Kier molecular flexibility index (Phi) is 7.87. The van der Waals surface area contributed by atoms with Crippen LogP contribution in [0.4, 0.5) is 11.4 Å². The maximum Gasteiger partial charge on any atom is 0.325 e. The molecule has 2 aromatic rings.